The van der Waals surface area contributed by atoms with Gasteiger partial charge in [-0.05, 0) is 57.2 Å². The molecule has 0 amide bonds. The average molecular weight is 613 g/mol. The highest BCUT2D eigenvalue weighted by Gasteiger charge is 2.76. The fourth-order valence-electron chi connectivity index (χ4n) is 10.2. The Hall–Kier alpha value is -2.46. The minimum absolute atomic E-state index is 0.0739. The van der Waals surface area contributed by atoms with E-state index in [9.17, 15) is 14.7 Å². The topological polar surface area (TPSA) is 114 Å². The summed E-state index contributed by atoms with van der Waals surface area (Å²) in [6.07, 6.45) is 3.41. The van der Waals surface area contributed by atoms with Crippen molar-refractivity contribution in [3.05, 3.63) is 47.0 Å². The number of esters is 2. The van der Waals surface area contributed by atoms with E-state index >= 15 is 0 Å². The number of aliphatic hydroxyl groups excluding tert-OH is 1. The van der Waals surface area contributed by atoms with Crippen molar-refractivity contribution in [2.75, 3.05) is 13.2 Å². The Balaban J connectivity index is 1.56. The molecule has 9 nitrogen and oxygen atoms in total. The fraction of sp³-hybridized carbons (Fsp3) is 0.714. The van der Waals surface area contributed by atoms with Crippen LogP contribution in [-0.2, 0) is 33.3 Å². The van der Waals surface area contributed by atoms with E-state index in [4.69, 9.17) is 28.1 Å². The molecule has 3 heterocycles. The van der Waals surface area contributed by atoms with Gasteiger partial charge in [-0.3, -0.25) is 4.79 Å². The van der Waals surface area contributed by atoms with Crippen molar-refractivity contribution in [1.82, 2.24) is 0 Å². The molecule has 9 heteroatoms. The van der Waals surface area contributed by atoms with Crippen LogP contribution in [0.2, 0.25) is 0 Å². The first-order chi connectivity index (χ1) is 20.8. The Kier molecular flexibility index (Phi) is 7.96. The Labute approximate surface area is 260 Å². The molecule has 1 aromatic rings. The molecule has 1 N–H and O–H groups in total. The number of hydrogen-bond acceptors (Lipinski definition) is 9. The summed E-state index contributed by atoms with van der Waals surface area (Å²) in [5.41, 5.74) is 1.77. The summed E-state index contributed by atoms with van der Waals surface area (Å²) >= 11 is 0. The van der Waals surface area contributed by atoms with Crippen LogP contribution in [0, 0.1) is 28.1 Å². The van der Waals surface area contributed by atoms with Gasteiger partial charge in [0.05, 0.1) is 37.4 Å². The standard InChI is InChI=1S/C35H48O9/c1-9-18(3)32(38)44-26-15-25(42-20(5)36)33(6)17-41-29-30(33)34(26,7)24-14-27(40-10-2)43-23-13-22(21-11-12-39-16-21)19(4)28(23)35(24,8)31(29)37/h9,11-12,16,22-27,29-31,37H,10,13-15,17H2,1-8H3. The van der Waals surface area contributed by atoms with Crippen molar-refractivity contribution >= 4 is 11.9 Å². The second-order valence-corrected chi connectivity index (χ2v) is 14.3. The van der Waals surface area contributed by atoms with Crippen LogP contribution in [0.5, 0.6) is 0 Å². The van der Waals surface area contributed by atoms with Crippen molar-refractivity contribution in [3.8, 4) is 0 Å². The van der Waals surface area contributed by atoms with E-state index in [0.29, 0.717) is 31.6 Å². The number of hydrogen-bond donors (Lipinski definition) is 1. The summed E-state index contributed by atoms with van der Waals surface area (Å²) in [4.78, 5) is 25.8. The lowest BCUT2D eigenvalue weighted by molar-refractivity contribution is -0.260. The number of fused-ring (bicyclic) bond motifs is 4. The second kappa shape index (κ2) is 11.1. The smallest absolute Gasteiger partial charge is 0.333 e. The lowest BCUT2D eigenvalue weighted by atomic mass is 9.39. The van der Waals surface area contributed by atoms with Crippen LogP contribution in [0.3, 0.4) is 0 Å². The Morgan fingerprint density at radius 1 is 1.11 bits per heavy atom. The van der Waals surface area contributed by atoms with Crippen molar-refractivity contribution in [1.29, 1.82) is 0 Å². The van der Waals surface area contributed by atoms with E-state index in [0.717, 1.165) is 23.1 Å². The van der Waals surface area contributed by atoms with Crippen LogP contribution < -0.4 is 0 Å². The van der Waals surface area contributed by atoms with Gasteiger partial charge in [-0.15, -0.1) is 0 Å². The molecule has 44 heavy (non-hydrogen) atoms. The number of ether oxygens (including phenoxy) is 5. The maximum atomic E-state index is 13.4. The highest BCUT2D eigenvalue weighted by molar-refractivity contribution is 5.87. The average Bonchev–Trinajstić information content (AvgIpc) is 3.69. The monoisotopic (exact) mass is 612 g/mol. The predicted octanol–water partition coefficient (Wildman–Crippen LogP) is 5.47. The summed E-state index contributed by atoms with van der Waals surface area (Å²) in [7, 11) is 0. The summed E-state index contributed by atoms with van der Waals surface area (Å²) in [5.74, 6) is -1.20. The number of carbonyl (C=O) groups is 2. The quantitative estimate of drug-likeness (QED) is 0.254. The van der Waals surface area contributed by atoms with Gasteiger partial charge in [-0.1, -0.05) is 32.4 Å². The molecule has 0 bridgehead atoms. The lowest BCUT2D eigenvalue weighted by Gasteiger charge is -2.66. The molecule has 0 radical (unpaired) electrons. The van der Waals surface area contributed by atoms with Crippen molar-refractivity contribution in [2.45, 2.75) is 117 Å². The van der Waals surface area contributed by atoms with Crippen LogP contribution >= 0.6 is 0 Å². The minimum atomic E-state index is -0.878. The molecule has 12 unspecified atom stereocenters. The van der Waals surface area contributed by atoms with Crippen molar-refractivity contribution in [2.24, 2.45) is 28.1 Å². The number of aliphatic hydroxyl groups is 1. The zero-order chi connectivity index (χ0) is 31.8. The normalized spacial score (nSPS) is 44.8. The molecule has 2 saturated heterocycles. The van der Waals surface area contributed by atoms with Gasteiger partial charge in [0.25, 0.3) is 0 Å². The fourth-order valence-corrected chi connectivity index (χ4v) is 10.2. The Bertz CT molecular complexity index is 1350. The Morgan fingerprint density at radius 2 is 1.86 bits per heavy atom. The number of allylic oxidation sites excluding steroid dienone is 2. The van der Waals surface area contributed by atoms with Gasteiger partial charge >= 0.3 is 11.9 Å². The number of rotatable bonds is 6. The van der Waals surface area contributed by atoms with E-state index in [1.54, 1.807) is 25.5 Å². The van der Waals surface area contributed by atoms with Gasteiger partial charge in [0.1, 0.15) is 12.2 Å². The predicted molar refractivity (Wildman–Crippen MR) is 160 cm³/mol. The lowest BCUT2D eigenvalue weighted by Crippen LogP contribution is -2.71. The third kappa shape index (κ3) is 4.40. The molecule has 12 atom stereocenters. The SMILES string of the molecule is CC=C(C)C(=O)OC1CC(OC(C)=O)C2(C)COC3C(O)C4(C)C5=C(C)C(c6ccoc6)CC5OC(OCC)CC4C1(C)C32. The van der Waals surface area contributed by atoms with Gasteiger partial charge in [-0.25, -0.2) is 4.79 Å². The molecular formula is C35H48O9. The third-order valence-corrected chi connectivity index (χ3v) is 12.2. The molecular weight excluding hydrogens is 564 g/mol. The zero-order valence-electron chi connectivity index (χ0n) is 27.3. The van der Waals surface area contributed by atoms with E-state index in [2.05, 4.69) is 27.7 Å². The van der Waals surface area contributed by atoms with Crippen LogP contribution in [-0.4, -0.2) is 67.1 Å². The van der Waals surface area contributed by atoms with E-state index in [-0.39, 0.29) is 23.9 Å². The van der Waals surface area contributed by atoms with E-state index < -0.39 is 58.9 Å². The maximum absolute atomic E-state index is 13.4. The molecule has 5 aliphatic rings. The van der Waals surface area contributed by atoms with Gasteiger partial charge in [0, 0.05) is 60.0 Å². The van der Waals surface area contributed by atoms with Crippen molar-refractivity contribution < 1.29 is 42.8 Å². The first kappa shape index (κ1) is 31.5. The largest absolute Gasteiger partial charge is 0.472 e. The molecule has 4 fully saturated rings. The zero-order valence-corrected chi connectivity index (χ0v) is 27.3. The highest BCUT2D eigenvalue weighted by atomic mass is 16.7. The third-order valence-electron chi connectivity index (χ3n) is 12.2. The summed E-state index contributed by atoms with van der Waals surface area (Å²) in [5, 5.41) is 12.6. The highest BCUT2D eigenvalue weighted by Crippen LogP contribution is 2.72. The minimum Gasteiger partial charge on any atom is -0.472 e. The molecule has 2 saturated carbocycles. The van der Waals surface area contributed by atoms with Gasteiger partial charge in [0.15, 0.2) is 6.29 Å². The summed E-state index contributed by atoms with van der Waals surface area (Å²) < 4.78 is 37.5. The molecule has 242 valence electrons. The number of furan rings is 1. The van der Waals surface area contributed by atoms with Gasteiger partial charge < -0.3 is 33.2 Å². The molecule has 0 aromatic carbocycles. The molecule has 3 aliphatic carbocycles. The molecule has 0 spiro atoms. The number of carbonyl (C=O) groups excluding carboxylic acids is 2. The second-order valence-electron chi connectivity index (χ2n) is 14.3. The van der Waals surface area contributed by atoms with Crippen molar-refractivity contribution in [3.63, 3.8) is 0 Å². The first-order valence-corrected chi connectivity index (χ1v) is 16.1. The molecule has 6 rings (SSSR count). The molecule has 1 aromatic heterocycles. The van der Waals surface area contributed by atoms with Crippen LogP contribution in [0.4, 0.5) is 0 Å². The van der Waals surface area contributed by atoms with Crippen LogP contribution in [0.15, 0.2) is 45.8 Å². The molecule has 2 aliphatic heterocycles. The van der Waals surface area contributed by atoms with Gasteiger partial charge in [-0.2, -0.15) is 0 Å². The van der Waals surface area contributed by atoms with Crippen LogP contribution in [0.1, 0.15) is 86.1 Å². The Morgan fingerprint density at radius 3 is 2.50 bits per heavy atom. The van der Waals surface area contributed by atoms with Gasteiger partial charge in [0.2, 0.25) is 0 Å². The van der Waals surface area contributed by atoms with E-state index in [1.165, 1.54) is 6.92 Å². The summed E-state index contributed by atoms with van der Waals surface area (Å²) in [6, 6.07) is 2.00. The maximum Gasteiger partial charge on any atom is 0.333 e. The summed E-state index contributed by atoms with van der Waals surface area (Å²) in [6.45, 7) is 16.3. The van der Waals surface area contributed by atoms with Crippen LogP contribution in [0.25, 0.3) is 0 Å². The van der Waals surface area contributed by atoms with E-state index in [1.807, 2.05) is 19.9 Å². The first-order valence-electron chi connectivity index (χ1n) is 16.1.